The van der Waals surface area contributed by atoms with Crippen molar-refractivity contribution in [2.75, 3.05) is 26.7 Å². The summed E-state index contributed by atoms with van der Waals surface area (Å²) < 4.78 is 5.63. The van der Waals surface area contributed by atoms with Gasteiger partial charge < -0.3 is 10.5 Å². The van der Waals surface area contributed by atoms with E-state index in [9.17, 15) is 0 Å². The molecule has 0 saturated carbocycles. The fourth-order valence-electron chi connectivity index (χ4n) is 2.62. The van der Waals surface area contributed by atoms with Crippen LogP contribution >= 0.6 is 0 Å². The molecule has 0 radical (unpaired) electrons. The Balaban J connectivity index is 2.63. The van der Waals surface area contributed by atoms with Crippen molar-refractivity contribution < 1.29 is 4.74 Å². The highest BCUT2D eigenvalue weighted by Gasteiger charge is 2.38. The van der Waals surface area contributed by atoms with Crippen LogP contribution in [-0.2, 0) is 4.74 Å². The fraction of sp³-hybridized carbons (Fsp3) is 1.00. The maximum atomic E-state index is 6.02. The maximum absolute atomic E-state index is 6.02. The molecule has 2 N–H and O–H groups in total. The van der Waals surface area contributed by atoms with Gasteiger partial charge in [-0.15, -0.1) is 0 Å². The van der Waals surface area contributed by atoms with Crippen LogP contribution < -0.4 is 5.73 Å². The molecular formula is C13H28N2O. The number of hydrogen-bond donors (Lipinski definition) is 1. The average Bonchev–Trinajstić information content (AvgIpc) is 2.28. The van der Waals surface area contributed by atoms with Gasteiger partial charge in [-0.05, 0) is 32.7 Å². The molecule has 1 rings (SSSR count). The molecule has 0 bridgehead atoms. The lowest BCUT2D eigenvalue weighted by Gasteiger charge is -2.46. The van der Waals surface area contributed by atoms with E-state index >= 15 is 0 Å². The van der Waals surface area contributed by atoms with E-state index in [0.717, 1.165) is 38.5 Å². The van der Waals surface area contributed by atoms with Crippen LogP contribution in [0.1, 0.15) is 40.0 Å². The summed E-state index contributed by atoms with van der Waals surface area (Å²) in [5, 5.41) is 0. The first-order chi connectivity index (χ1) is 7.54. The van der Waals surface area contributed by atoms with Gasteiger partial charge in [0.05, 0.1) is 6.10 Å². The molecule has 3 nitrogen and oxygen atoms in total. The minimum Gasteiger partial charge on any atom is -0.378 e. The Morgan fingerprint density at radius 1 is 1.56 bits per heavy atom. The summed E-state index contributed by atoms with van der Waals surface area (Å²) in [5.74, 6) is 0.742. The summed E-state index contributed by atoms with van der Waals surface area (Å²) in [6.45, 7) is 9.45. The lowest BCUT2D eigenvalue weighted by molar-refractivity contribution is -0.0590. The standard InChI is InChI=1S/C13H28N2O/c1-5-11(2)9-15(4)13(10-14)6-7-16-12(3)8-13/h11-12H,5-10,14H2,1-4H3. The Labute approximate surface area is 100 Å². The summed E-state index contributed by atoms with van der Waals surface area (Å²) in [6, 6.07) is 0. The molecule has 3 unspecified atom stereocenters. The first-order valence-corrected chi connectivity index (χ1v) is 6.57. The molecule has 1 heterocycles. The Hall–Kier alpha value is -0.120. The van der Waals surface area contributed by atoms with Gasteiger partial charge in [0.2, 0.25) is 0 Å². The molecule has 1 fully saturated rings. The van der Waals surface area contributed by atoms with Crippen LogP contribution in [-0.4, -0.2) is 43.3 Å². The Morgan fingerprint density at radius 2 is 2.25 bits per heavy atom. The summed E-state index contributed by atoms with van der Waals surface area (Å²) in [7, 11) is 2.22. The quantitative estimate of drug-likeness (QED) is 0.780. The number of nitrogens with two attached hydrogens (primary N) is 1. The second-order valence-corrected chi connectivity index (χ2v) is 5.46. The molecular weight excluding hydrogens is 200 g/mol. The zero-order chi connectivity index (χ0) is 12.2. The van der Waals surface area contributed by atoms with Gasteiger partial charge in [0.25, 0.3) is 0 Å². The molecule has 16 heavy (non-hydrogen) atoms. The first-order valence-electron chi connectivity index (χ1n) is 6.57. The fourth-order valence-corrected chi connectivity index (χ4v) is 2.62. The lowest BCUT2D eigenvalue weighted by atomic mass is 9.85. The predicted molar refractivity (Wildman–Crippen MR) is 68.5 cm³/mol. The topological polar surface area (TPSA) is 38.5 Å². The number of hydrogen-bond acceptors (Lipinski definition) is 3. The van der Waals surface area contributed by atoms with E-state index in [1.807, 2.05) is 0 Å². The van der Waals surface area contributed by atoms with E-state index in [0.29, 0.717) is 6.10 Å². The monoisotopic (exact) mass is 228 g/mol. The van der Waals surface area contributed by atoms with E-state index < -0.39 is 0 Å². The van der Waals surface area contributed by atoms with E-state index in [2.05, 4.69) is 32.7 Å². The molecule has 1 saturated heterocycles. The van der Waals surface area contributed by atoms with Gasteiger partial charge in [0.1, 0.15) is 0 Å². The molecule has 96 valence electrons. The van der Waals surface area contributed by atoms with Crippen LogP contribution in [0, 0.1) is 5.92 Å². The summed E-state index contributed by atoms with van der Waals surface area (Å²) in [5.41, 5.74) is 6.19. The van der Waals surface area contributed by atoms with Crippen LogP contribution in [0.4, 0.5) is 0 Å². The number of nitrogens with zero attached hydrogens (tertiary/aromatic N) is 1. The van der Waals surface area contributed by atoms with Crippen LogP contribution in [0.2, 0.25) is 0 Å². The van der Waals surface area contributed by atoms with Gasteiger partial charge in [-0.25, -0.2) is 0 Å². The molecule has 0 aromatic rings. The molecule has 3 atom stereocenters. The smallest absolute Gasteiger partial charge is 0.0565 e. The Bertz CT molecular complexity index is 210. The summed E-state index contributed by atoms with van der Waals surface area (Å²) in [6.07, 6.45) is 3.71. The second kappa shape index (κ2) is 5.99. The molecule has 0 spiro atoms. The third-order valence-corrected chi connectivity index (χ3v) is 4.11. The second-order valence-electron chi connectivity index (χ2n) is 5.46. The SMILES string of the molecule is CCC(C)CN(C)C1(CN)CCOC(C)C1. The van der Waals surface area contributed by atoms with Gasteiger partial charge in [0.15, 0.2) is 0 Å². The number of ether oxygens (including phenoxy) is 1. The maximum Gasteiger partial charge on any atom is 0.0565 e. The molecule has 1 aliphatic heterocycles. The van der Waals surface area contributed by atoms with Crippen molar-refractivity contribution in [3.8, 4) is 0 Å². The third-order valence-electron chi connectivity index (χ3n) is 4.11. The number of rotatable bonds is 5. The van der Waals surface area contributed by atoms with Crippen LogP contribution in [0.3, 0.4) is 0 Å². The van der Waals surface area contributed by atoms with Crippen molar-refractivity contribution in [1.82, 2.24) is 4.90 Å². The van der Waals surface area contributed by atoms with Gasteiger partial charge in [-0.2, -0.15) is 0 Å². The molecule has 0 aromatic carbocycles. The molecule has 0 aliphatic carbocycles. The van der Waals surface area contributed by atoms with E-state index in [4.69, 9.17) is 10.5 Å². The van der Waals surface area contributed by atoms with Crippen molar-refractivity contribution in [3.63, 3.8) is 0 Å². The molecule has 1 aliphatic rings. The Kier molecular flexibility index (Phi) is 5.22. The van der Waals surface area contributed by atoms with Crippen LogP contribution in [0.5, 0.6) is 0 Å². The van der Waals surface area contributed by atoms with Crippen LogP contribution in [0.15, 0.2) is 0 Å². The van der Waals surface area contributed by atoms with Crippen molar-refractivity contribution in [1.29, 1.82) is 0 Å². The van der Waals surface area contributed by atoms with E-state index in [1.165, 1.54) is 6.42 Å². The highest BCUT2D eigenvalue weighted by atomic mass is 16.5. The summed E-state index contributed by atoms with van der Waals surface area (Å²) in [4.78, 5) is 2.47. The summed E-state index contributed by atoms with van der Waals surface area (Å²) >= 11 is 0. The van der Waals surface area contributed by atoms with Crippen molar-refractivity contribution in [2.24, 2.45) is 11.7 Å². The van der Waals surface area contributed by atoms with Crippen molar-refractivity contribution in [3.05, 3.63) is 0 Å². The molecule has 3 heteroatoms. The predicted octanol–water partition coefficient (Wildman–Crippen LogP) is 1.86. The van der Waals surface area contributed by atoms with Gasteiger partial charge in [-0.1, -0.05) is 20.3 Å². The molecule has 0 amide bonds. The van der Waals surface area contributed by atoms with E-state index in [1.54, 1.807) is 0 Å². The first kappa shape index (κ1) is 13.9. The number of likely N-dealkylation sites (N-methyl/N-ethyl adjacent to an activating group) is 1. The normalized spacial score (nSPS) is 33.0. The van der Waals surface area contributed by atoms with Crippen molar-refractivity contribution >= 4 is 0 Å². The van der Waals surface area contributed by atoms with Gasteiger partial charge in [-0.3, -0.25) is 4.90 Å². The van der Waals surface area contributed by atoms with Gasteiger partial charge >= 0.3 is 0 Å². The highest BCUT2D eigenvalue weighted by molar-refractivity contribution is 4.94. The van der Waals surface area contributed by atoms with E-state index in [-0.39, 0.29) is 5.54 Å². The van der Waals surface area contributed by atoms with Crippen LogP contribution in [0.25, 0.3) is 0 Å². The average molecular weight is 228 g/mol. The minimum absolute atomic E-state index is 0.168. The highest BCUT2D eigenvalue weighted by Crippen LogP contribution is 2.30. The zero-order valence-electron chi connectivity index (χ0n) is 11.3. The van der Waals surface area contributed by atoms with Crippen molar-refractivity contribution in [2.45, 2.75) is 51.7 Å². The lowest BCUT2D eigenvalue weighted by Crippen LogP contribution is -2.57. The third kappa shape index (κ3) is 3.19. The minimum atomic E-state index is 0.168. The molecule has 0 aromatic heterocycles. The zero-order valence-corrected chi connectivity index (χ0v) is 11.3. The largest absolute Gasteiger partial charge is 0.378 e. The van der Waals surface area contributed by atoms with Gasteiger partial charge in [0, 0.05) is 25.2 Å². The Morgan fingerprint density at radius 3 is 2.75 bits per heavy atom.